The first-order chi connectivity index (χ1) is 12.1. The Bertz CT molecular complexity index is 979. The molecule has 7 heteroatoms. The van der Waals surface area contributed by atoms with Gasteiger partial charge in [-0.1, -0.05) is 33.3 Å². The number of rotatable bonds is 5. The van der Waals surface area contributed by atoms with E-state index in [4.69, 9.17) is 4.74 Å². The number of amides is 1. The van der Waals surface area contributed by atoms with Crippen LogP contribution in [0.15, 0.2) is 51.9 Å². The third kappa shape index (κ3) is 4.16. The van der Waals surface area contributed by atoms with Crippen LogP contribution in [0.3, 0.4) is 0 Å². The van der Waals surface area contributed by atoms with Gasteiger partial charge in [0.15, 0.2) is 4.80 Å². The highest BCUT2D eigenvalue weighted by molar-refractivity contribution is 9.10. The van der Waals surface area contributed by atoms with E-state index in [1.54, 1.807) is 31.0 Å². The summed E-state index contributed by atoms with van der Waals surface area (Å²) in [5.41, 5.74) is 1.64. The second-order valence-electron chi connectivity index (χ2n) is 5.29. The Hall–Kier alpha value is -1.57. The Morgan fingerprint density at radius 2 is 2.16 bits per heavy atom. The molecule has 0 fully saturated rings. The lowest BCUT2D eigenvalue weighted by atomic mass is 10.2. The summed E-state index contributed by atoms with van der Waals surface area (Å²) >= 11 is 6.67. The van der Waals surface area contributed by atoms with Crippen molar-refractivity contribution in [3.63, 3.8) is 0 Å². The van der Waals surface area contributed by atoms with Crippen molar-refractivity contribution in [1.82, 2.24) is 4.57 Å². The van der Waals surface area contributed by atoms with Crippen molar-refractivity contribution in [2.75, 3.05) is 19.1 Å². The fourth-order valence-corrected chi connectivity index (χ4v) is 4.28. The van der Waals surface area contributed by atoms with Crippen LogP contribution < -0.4 is 9.54 Å². The summed E-state index contributed by atoms with van der Waals surface area (Å²) in [7, 11) is 1.65. The van der Waals surface area contributed by atoms with Crippen molar-refractivity contribution in [3.05, 3.63) is 57.3 Å². The molecule has 1 heterocycles. The first-order valence-electron chi connectivity index (χ1n) is 7.63. The number of fused-ring (bicyclic) bond motifs is 1. The van der Waals surface area contributed by atoms with E-state index in [-0.39, 0.29) is 5.91 Å². The molecular weight excluding hydrogens is 420 g/mol. The topological polar surface area (TPSA) is 43.6 Å². The van der Waals surface area contributed by atoms with Gasteiger partial charge < -0.3 is 9.30 Å². The van der Waals surface area contributed by atoms with Gasteiger partial charge in [0.05, 0.1) is 17.3 Å². The van der Waals surface area contributed by atoms with E-state index in [0.29, 0.717) is 10.4 Å². The molecule has 3 aromatic rings. The van der Waals surface area contributed by atoms with Gasteiger partial charge in [0, 0.05) is 22.3 Å². The maximum atomic E-state index is 12.6. The van der Waals surface area contributed by atoms with Gasteiger partial charge in [-0.25, -0.2) is 0 Å². The van der Waals surface area contributed by atoms with Crippen molar-refractivity contribution >= 4 is 55.2 Å². The molecule has 0 saturated heterocycles. The summed E-state index contributed by atoms with van der Waals surface area (Å²) < 4.78 is 9.33. The van der Waals surface area contributed by atoms with E-state index in [1.807, 2.05) is 30.3 Å². The largest absolute Gasteiger partial charge is 0.497 e. The second-order valence-corrected chi connectivity index (χ2v) is 8.20. The van der Waals surface area contributed by atoms with E-state index in [0.717, 1.165) is 32.7 Å². The number of carbonyl (C=O) groups excluding carboxylic acids is 1. The maximum Gasteiger partial charge on any atom is 0.279 e. The van der Waals surface area contributed by atoms with Crippen molar-refractivity contribution in [1.29, 1.82) is 0 Å². The molecule has 0 radical (unpaired) electrons. The fraction of sp³-hybridized carbons (Fsp3) is 0.222. The molecule has 1 aromatic heterocycles. The average Bonchev–Trinajstić information content (AvgIpc) is 2.95. The third-order valence-electron chi connectivity index (χ3n) is 3.68. The molecule has 0 atom stereocenters. The molecule has 0 aliphatic carbocycles. The molecule has 0 spiro atoms. The summed E-state index contributed by atoms with van der Waals surface area (Å²) in [5, 5.41) is 0. The van der Waals surface area contributed by atoms with Crippen LogP contribution in [0.5, 0.6) is 5.75 Å². The van der Waals surface area contributed by atoms with Crippen molar-refractivity contribution in [2.45, 2.75) is 6.54 Å². The molecule has 0 aliphatic rings. The molecule has 0 N–H and O–H groups in total. The molecule has 0 saturated carbocycles. The van der Waals surface area contributed by atoms with Crippen LogP contribution in [0.4, 0.5) is 0 Å². The minimum absolute atomic E-state index is 0.238. The normalized spacial score (nSPS) is 11.9. The summed E-state index contributed by atoms with van der Waals surface area (Å²) in [5.74, 6) is 1.52. The zero-order chi connectivity index (χ0) is 17.8. The number of thioether (sulfide) groups is 1. The van der Waals surface area contributed by atoms with Gasteiger partial charge >= 0.3 is 0 Å². The predicted octanol–water partition coefficient (Wildman–Crippen LogP) is 4.58. The second kappa shape index (κ2) is 8.21. The Morgan fingerprint density at radius 1 is 1.32 bits per heavy atom. The van der Waals surface area contributed by atoms with Crippen molar-refractivity contribution < 1.29 is 9.53 Å². The Balaban J connectivity index is 2.11. The molecule has 4 nitrogen and oxygen atoms in total. The Morgan fingerprint density at radius 3 is 2.88 bits per heavy atom. The zero-order valence-corrected chi connectivity index (χ0v) is 17.1. The number of halogens is 1. The van der Waals surface area contributed by atoms with Gasteiger partial charge in [0.1, 0.15) is 5.75 Å². The summed E-state index contributed by atoms with van der Waals surface area (Å²) in [6.45, 7) is 0.804. The summed E-state index contributed by atoms with van der Waals surface area (Å²) in [6, 6.07) is 13.2. The van der Waals surface area contributed by atoms with E-state index < -0.39 is 0 Å². The average molecular weight is 437 g/mol. The number of ether oxygens (including phenoxy) is 1. The molecule has 130 valence electrons. The van der Waals surface area contributed by atoms with Gasteiger partial charge in [0.2, 0.25) is 0 Å². The summed E-state index contributed by atoms with van der Waals surface area (Å²) in [4.78, 5) is 17.7. The third-order valence-corrected chi connectivity index (χ3v) is 5.80. The Labute approximate surface area is 162 Å². The van der Waals surface area contributed by atoms with Crippen LogP contribution >= 0.6 is 39.0 Å². The van der Waals surface area contributed by atoms with E-state index in [1.165, 1.54) is 11.3 Å². The molecule has 2 aromatic carbocycles. The number of benzene rings is 2. The first kappa shape index (κ1) is 18.2. The molecular formula is C18H17BrN2O2S2. The number of thiazole rings is 1. The van der Waals surface area contributed by atoms with Crippen LogP contribution in [0.25, 0.3) is 10.2 Å². The lowest BCUT2D eigenvalue weighted by Gasteiger charge is -2.04. The monoisotopic (exact) mass is 436 g/mol. The smallest absolute Gasteiger partial charge is 0.279 e. The van der Waals surface area contributed by atoms with Gasteiger partial charge in [-0.15, -0.1) is 0 Å². The van der Waals surface area contributed by atoms with Crippen LogP contribution in [0.1, 0.15) is 10.4 Å². The molecule has 0 bridgehead atoms. The SMILES string of the molecule is COc1ccc2c(c1)sc(=NC(=O)c1cccc(Br)c1)n2CCSC. The molecule has 0 unspecified atom stereocenters. The van der Waals surface area contributed by atoms with Crippen molar-refractivity contribution in [2.24, 2.45) is 4.99 Å². The number of aromatic nitrogens is 1. The van der Waals surface area contributed by atoms with E-state index in [9.17, 15) is 4.79 Å². The molecule has 3 rings (SSSR count). The minimum Gasteiger partial charge on any atom is -0.497 e. The molecule has 1 amide bonds. The quantitative estimate of drug-likeness (QED) is 0.587. The number of methoxy groups -OCH3 is 1. The lowest BCUT2D eigenvalue weighted by molar-refractivity contribution is 0.0998. The number of aryl methyl sites for hydroxylation is 1. The minimum atomic E-state index is -0.238. The Kier molecular flexibility index (Phi) is 5.98. The van der Waals surface area contributed by atoms with Gasteiger partial charge in [-0.3, -0.25) is 4.79 Å². The number of nitrogens with zero attached hydrogens (tertiary/aromatic N) is 2. The van der Waals surface area contributed by atoms with E-state index >= 15 is 0 Å². The van der Waals surface area contributed by atoms with E-state index in [2.05, 4.69) is 31.7 Å². The fourth-order valence-electron chi connectivity index (χ4n) is 2.44. The highest BCUT2D eigenvalue weighted by Crippen LogP contribution is 2.23. The predicted molar refractivity (Wildman–Crippen MR) is 109 cm³/mol. The van der Waals surface area contributed by atoms with Gasteiger partial charge in [-0.05, 0) is 42.7 Å². The highest BCUT2D eigenvalue weighted by atomic mass is 79.9. The maximum absolute atomic E-state index is 12.6. The molecule has 25 heavy (non-hydrogen) atoms. The zero-order valence-electron chi connectivity index (χ0n) is 13.9. The van der Waals surface area contributed by atoms with Gasteiger partial charge in [0.25, 0.3) is 5.91 Å². The number of hydrogen-bond acceptors (Lipinski definition) is 4. The summed E-state index contributed by atoms with van der Waals surface area (Å²) in [6.07, 6.45) is 2.07. The molecule has 0 aliphatic heterocycles. The number of hydrogen-bond donors (Lipinski definition) is 0. The standard InChI is InChI=1S/C18H17BrN2O2S2/c1-23-14-6-7-15-16(11-14)25-18(21(15)8-9-24-2)20-17(22)12-4-3-5-13(19)10-12/h3-7,10-11H,8-9H2,1-2H3. The lowest BCUT2D eigenvalue weighted by Crippen LogP contribution is -2.18. The first-order valence-corrected chi connectivity index (χ1v) is 10.6. The van der Waals surface area contributed by atoms with Crippen LogP contribution in [-0.4, -0.2) is 29.6 Å². The van der Waals surface area contributed by atoms with Crippen LogP contribution in [-0.2, 0) is 6.54 Å². The van der Waals surface area contributed by atoms with Crippen LogP contribution in [0.2, 0.25) is 0 Å². The number of carbonyl (C=O) groups is 1. The van der Waals surface area contributed by atoms with Crippen LogP contribution in [0, 0.1) is 0 Å². The highest BCUT2D eigenvalue weighted by Gasteiger charge is 2.10. The van der Waals surface area contributed by atoms with Crippen molar-refractivity contribution in [3.8, 4) is 5.75 Å². The van der Waals surface area contributed by atoms with Gasteiger partial charge in [-0.2, -0.15) is 16.8 Å².